The van der Waals surface area contributed by atoms with Crippen LogP contribution < -0.4 is 15.4 Å². The number of hydrogen-bond acceptors (Lipinski definition) is 5. The van der Waals surface area contributed by atoms with Gasteiger partial charge in [0.25, 0.3) is 5.91 Å². The molecule has 2 aromatic carbocycles. The van der Waals surface area contributed by atoms with E-state index in [0.29, 0.717) is 12.4 Å². The number of imide groups is 1. The normalized spacial score (nSPS) is 12.8. The van der Waals surface area contributed by atoms with Gasteiger partial charge < -0.3 is 14.8 Å². The Kier molecular flexibility index (Phi) is 6.26. The number of aryl methyl sites for hydroxylation is 1. The molecule has 0 bridgehead atoms. The van der Waals surface area contributed by atoms with E-state index >= 15 is 0 Å². The van der Waals surface area contributed by atoms with Crippen molar-refractivity contribution in [2.45, 2.75) is 32.4 Å². The van der Waals surface area contributed by atoms with Crippen LogP contribution in [0.3, 0.4) is 0 Å². The van der Waals surface area contributed by atoms with E-state index in [1.165, 1.54) is 0 Å². The molecule has 3 rings (SSSR count). The van der Waals surface area contributed by atoms with E-state index in [1.807, 2.05) is 31.2 Å². The topological polar surface area (TPSA) is 93.7 Å². The minimum atomic E-state index is -0.697. The van der Waals surface area contributed by atoms with E-state index in [9.17, 15) is 14.4 Å². The molecule has 146 valence electrons. The van der Waals surface area contributed by atoms with Crippen LogP contribution in [-0.4, -0.2) is 30.6 Å². The number of hydrogen-bond donors (Lipinski definition) is 2. The Hall–Kier alpha value is -3.35. The summed E-state index contributed by atoms with van der Waals surface area (Å²) >= 11 is 0. The maximum atomic E-state index is 12.3. The van der Waals surface area contributed by atoms with Crippen molar-refractivity contribution in [3.05, 3.63) is 65.2 Å². The van der Waals surface area contributed by atoms with Crippen LogP contribution in [0.2, 0.25) is 0 Å². The fourth-order valence-electron chi connectivity index (χ4n) is 2.54. The molecule has 0 aliphatic heterocycles. The average Bonchev–Trinajstić information content (AvgIpc) is 3.48. The van der Waals surface area contributed by atoms with Gasteiger partial charge in [0.05, 0.1) is 0 Å². The first-order valence-corrected chi connectivity index (χ1v) is 9.06. The molecule has 2 aromatic rings. The predicted molar refractivity (Wildman–Crippen MR) is 102 cm³/mol. The molecule has 0 heterocycles. The molecule has 2 N–H and O–H groups in total. The highest BCUT2D eigenvalue weighted by molar-refractivity contribution is 5.97. The molecule has 0 radical (unpaired) electrons. The second kappa shape index (κ2) is 9.03. The number of carbonyl (C=O) groups excluding carboxylic acids is 3. The van der Waals surface area contributed by atoms with E-state index < -0.39 is 24.5 Å². The van der Waals surface area contributed by atoms with E-state index in [-0.39, 0.29) is 11.6 Å². The Morgan fingerprint density at radius 1 is 1.07 bits per heavy atom. The zero-order chi connectivity index (χ0) is 19.9. The quantitative estimate of drug-likeness (QED) is 0.718. The van der Waals surface area contributed by atoms with Crippen molar-refractivity contribution >= 4 is 17.9 Å². The summed E-state index contributed by atoms with van der Waals surface area (Å²) in [6.07, 6.45) is 1.83. The lowest BCUT2D eigenvalue weighted by Gasteiger charge is -2.12. The SMILES string of the molecule is Cc1cccc(COc2ccccc2C(=O)OCC(=O)NC(=O)NC2CC2)c1. The molecule has 1 fully saturated rings. The molecular formula is C21H22N2O5. The Morgan fingerprint density at radius 3 is 2.61 bits per heavy atom. The van der Waals surface area contributed by atoms with Crippen LogP contribution in [0, 0.1) is 6.92 Å². The Labute approximate surface area is 163 Å². The number of ether oxygens (including phenoxy) is 2. The largest absolute Gasteiger partial charge is 0.488 e. The minimum absolute atomic E-state index is 0.132. The van der Waals surface area contributed by atoms with Crippen LogP contribution in [0.4, 0.5) is 4.79 Å². The lowest BCUT2D eigenvalue weighted by molar-refractivity contribution is -0.123. The number of para-hydroxylation sites is 1. The Bertz CT molecular complexity index is 877. The third-order valence-electron chi connectivity index (χ3n) is 4.08. The summed E-state index contributed by atoms with van der Waals surface area (Å²) in [6.45, 7) is 1.74. The highest BCUT2D eigenvalue weighted by Gasteiger charge is 2.24. The van der Waals surface area contributed by atoms with Gasteiger partial charge in [-0.25, -0.2) is 9.59 Å². The van der Waals surface area contributed by atoms with Gasteiger partial charge in [0.2, 0.25) is 0 Å². The van der Waals surface area contributed by atoms with Crippen LogP contribution in [-0.2, 0) is 16.1 Å². The van der Waals surface area contributed by atoms with Gasteiger partial charge in [0.15, 0.2) is 6.61 Å². The van der Waals surface area contributed by atoms with Crippen molar-refractivity contribution in [1.29, 1.82) is 0 Å². The Balaban J connectivity index is 1.53. The third-order valence-corrected chi connectivity index (χ3v) is 4.08. The van der Waals surface area contributed by atoms with Gasteiger partial charge in [0, 0.05) is 6.04 Å². The molecule has 0 aromatic heterocycles. The molecule has 0 atom stereocenters. The van der Waals surface area contributed by atoms with Crippen molar-refractivity contribution in [2.24, 2.45) is 0 Å². The zero-order valence-corrected chi connectivity index (χ0v) is 15.6. The predicted octanol–water partition coefficient (Wildman–Crippen LogP) is 2.72. The molecule has 7 nitrogen and oxygen atoms in total. The van der Waals surface area contributed by atoms with Crippen LogP contribution in [0.15, 0.2) is 48.5 Å². The molecular weight excluding hydrogens is 360 g/mol. The first-order valence-electron chi connectivity index (χ1n) is 9.06. The number of amides is 3. The fourth-order valence-corrected chi connectivity index (χ4v) is 2.54. The number of benzene rings is 2. The molecule has 28 heavy (non-hydrogen) atoms. The van der Waals surface area contributed by atoms with Crippen LogP contribution in [0.5, 0.6) is 5.75 Å². The van der Waals surface area contributed by atoms with Gasteiger partial charge in [-0.3, -0.25) is 10.1 Å². The smallest absolute Gasteiger partial charge is 0.342 e. The molecule has 3 amide bonds. The van der Waals surface area contributed by atoms with Crippen LogP contribution in [0.25, 0.3) is 0 Å². The molecule has 0 spiro atoms. The first-order chi connectivity index (χ1) is 13.5. The lowest BCUT2D eigenvalue weighted by atomic mass is 10.1. The second-order valence-electron chi connectivity index (χ2n) is 6.65. The van der Waals surface area contributed by atoms with E-state index in [4.69, 9.17) is 9.47 Å². The summed E-state index contributed by atoms with van der Waals surface area (Å²) in [5.41, 5.74) is 2.31. The van der Waals surface area contributed by atoms with Gasteiger partial charge in [-0.2, -0.15) is 0 Å². The Morgan fingerprint density at radius 2 is 1.86 bits per heavy atom. The molecule has 1 aliphatic carbocycles. The molecule has 0 saturated heterocycles. The molecule has 1 saturated carbocycles. The van der Waals surface area contributed by atoms with Crippen molar-refractivity contribution < 1.29 is 23.9 Å². The maximum absolute atomic E-state index is 12.3. The van der Waals surface area contributed by atoms with E-state index in [0.717, 1.165) is 24.0 Å². The summed E-state index contributed by atoms with van der Waals surface area (Å²) in [5.74, 6) is -1.02. The summed E-state index contributed by atoms with van der Waals surface area (Å²) in [5, 5.41) is 4.75. The third kappa shape index (κ3) is 5.84. The average molecular weight is 382 g/mol. The van der Waals surface area contributed by atoms with Gasteiger partial charge in [-0.15, -0.1) is 0 Å². The number of esters is 1. The van der Waals surface area contributed by atoms with Crippen molar-refractivity contribution in [3.8, 4) is 5.75 Å². The number of urea groups is 1. The summed E-state index contributed by atoms with van der Waals surface area (Å²) in [6, 6.07) is 14.1. The number of rotatable bonds is 7. The molecule has 7 heteroatoms. The summed E-state index contributed by atoms with van der Waals surface area (Å²) in [4.78, 5) is 35.6. The number of carbonyl (C=O) groups is 3. The highest BCUT2D eigenvalue weighted by Crippen LogP contribution is 2.21. The fraction of sp³-hybridized carbons (Fsp3) is 0.286. The van der Waals surface area contributed by atoms with Crippen LogP contribution >= 0.6 is 0 Å². The second-order valence-corrected chi connectivity index (χ2v) is 6.65. The van der Waals surface area contributed by atoms with Crippen LogP contribution in [0.1, 0.15) is 34.3 Å². The minimum Gasteiger partial charge on any atom is -0.488 e. The maximum Gasteiger partial charge on any atom is 0.342 e. The lowest BCUT2D eigenvalue weighted by Crippen LogP contribution is -2.42. The van der Waals surface area contributed by atoms with Gasteiger partial charge in [0.1, 0.15) is 17.9 Å². The van der Waals surface area contributed by atoms with Gasteiger partial charge in [-0.1, -0.05) is 42.0 Å². The monoisotopic (exact) mass is 382 g/mol. The first kappa shape index (κ1) is 19.4. The van der Waals surface area contributed by atoms with Gasteiger partial charge >= 0.3 is 12.0 Å². The molecule has 0 unspecified atom stereocenters. The highest BCUT2D eigenvalue weighted by atomic mass is 16.5. The summed E-state index contributed by atoms with van der Waals surface area (Å²) < 4.78 is 10.8. The standard InChI is InChI=1S/C21H22N2O5/c1-14-5-4-6-15(11-14)12-27-18-8-3-2-7-17(18)20(25)28-13-19(24)23-21(26)22-16-9-10-16/h2-8,11,16H,9-10,12-13H2,1H3,(H2,22,23,24,26). The van der Waals surface area contributed by atoms with E-state index in [1.54, 1.807) is 24.3 Å². The zero-order valence-electron chi connectivity index (χ0n) is 15.6. The molecule has 1 aliphatic rings. The number of nitrogens with one attached hydrogen (secondary N) is 2. The van der Waals surface area contributed by atoms with Crippen molar-refractivity contribution in [3.63, 3.8) is 0 Å². The summed E-state index contributed by atoms with van der Waals surface area (Å²) in [7, 11) is 0. The van der Waals surface area contributed by atoms with E-state index in [2.05, 4.69) is 10.6 Å². The van der Waals surface area contributed by atoms with Crippen molar-refractivity contribution in [2.75, 3.05) is 6.61 Å². The van der Waals surface area contributed by atoms with Gasteiger partial charge in [-0.05, 0) is 37.5 Å². The van der Waals surface area contributed by atoms with Crippen molar-refractivity contribution in [1.82, 2.24) is 10.6 Å².